The first-order valence-electron chi connectivity index (χ1n) is 31.9. The summed E-state index contributed by atoms with van der Waals surface area (Å²) in [5.41, 5.74) is 16.9. The van der Waals surface area contributed by atoms with E-state index in [1.807, 2.05) is 44.4 Å². The normalized spacial score (nSPS) is 16.0. The zero-order valence-corrected chi connectivity index (χ0v) is 57.7. The number of carbonyl (C=O) groups is 5. The third-order valence-corrected chi connectivity index (χ3v) is 17.2. The lowest BCUT2D eigenvalue weighted by Crippen LogP contribution is -2.57. The number of aliphatic imine (C=N–C) groups is 1. The zero-order valence-electron chi connectivity index (χ0n) is 56.9. The first-order chi connectivity index (χ1) is 44.5. The summed E-state index contributed by atoms with van der Waals surface area (Å²) in [4.78, 5) is 87.4. The maximum atomic E-state index is 14.4. The molecule has 4 aromatic carbocycles. The number of fused-ring (bicyclic) bond motifs is 2. The van der Waals surface area contributed by atoms with Crippen LogP contribution < -0.4 is 16.4 Å². The fraction of sp³-hybridized carbons (Fsp3) is 0.392. The Kier molecular flexibility index (Phi) is 20.8. The lowest BCUT2D eigenvalue weighted by Gasteiger charge is -2.44. The summed E-state index contributed by atoms with van der Waals surface area (Å²) < 4.78 is 44.9. The Bertz CT molecular complexity index is 4300. The number of aromatic nitrogens is 5. The van der Waals surface area contributed by atoms with Crippen molar-refractivity contribution < 1.29 is 37.1 Å². The molecule has 4 amide bonds. The topological polar surface area (TPSA) is 206 Å². The summed E-state index contributed by atoms with van der Waals surface area (Å²) in [5, 5.41) is 6.55. The van der Waals surface area contributed by atoms with Gasteiger partial charge in [-0.25, -0.2) is 23.1 Å². The van der Waals surface area contributed by atoms with E-state index < -0.39 is 17.5 Å². The van der Waals surface area contributed by atoms with E-state index in [1.165, 1.54) is 55.5 Å². The molecule has 0 spiro atoms. The number of ketones is 1. The van der Waals surface area contributed by atoms with Gasteiger partial charge >= 0.3 is 0 Å². The third kappa shape index (κ3) is 16.9. The van der Waals surface area contributed by atoms with Crippen LogP contribution in [0.2, 0.25) is 5.02 Å². The van der Waals surface area contributed by atoms with Crippen molar-refractivity contribution in [3.05, 3.63) is 177 Å². The van der Waals surface area contributed by atoms with Crippen molar-refractivity contribution in [3.63, 3.8) is 0 Å². The van der Waals surface area contributed by atoms with E-state index >= 15 is 0 Å². The molecule has 95 heavy (non-hydrogen) atoms. The minimum atomic E-state index is -0.636. The van der Waals surface area contributed by atoms with Crippen LogP contribution in [0.15, 0.2) is 114 Å². The lowest BCUT2D eigenvalue weighted by molar-refractivity contribution is -0.124. The molecule has 3 aliphatic rings. The molecule has 500 valence electrons. The monoisotopic (exact) mass is 1310 g/mol. The number of nitrogen functional groups attached to an aromatic ring is 1. The number of anilines is 1. The molecule has 4 N–H and O–H groups in total. The molecule has 4 aromatic heterocycles. The van der Waals surface area contributed by atoms with E-state index in [2.05, 4.69) is 74.0 Å². The summed E-state index contributed by atoms with van der Waals surface area (Å²) in [5.74, 6) is -2.47. The van der Waals surface area contributed by atoms with Gasteiger partial charge in [0.1, 0.15) is 23.0 Å². The molecule has 17 nitrogen and oxygen atoms in total. The molecule has 2 aliphatic heterocycles. The number of Topliss-reactive ketones (excluding diaryl/α,β-unsaturated/α-hetero) is 1. The van der Waals surface area contributed by atoms with E-state index in [4.69, 9.17) is 27.3 Å². The fourth-order valence-electron chi connectivity index (χ4n) is 11.3. The van der Waals surface area contributed by atoms with Gasteiger partial charge in [-0.3, -0.25) is 43.4 Å². The number of pyridine rings is 2. The summed E-state index contributed by atoms with van der Waals surface area (Å²) in [7, 11) is 4.81. The number of carbonyl (C=O) groups excluding carboxylic acids is 5. The van der Waals surface area contributed by atoms with E-state index in [-0.39, 0.29) is 74.9 Å². The number of amides is 4. The number of piperazine rings is 1. The second-order valence-electron chi connectivity index (χ2n) is 28.8. The Morgan fingerprint density at radius 3 is 2.00 bits per heavy atom. The van der Waals surface area contributed by atoms with Gasteiger partial charge in [-0.05, 0) is 140 Å². The van der Waals surface area contributed by atoms with Crippen molar-refractivity contribution in [1.29, 1.82) is 0 Å². The van der Waals surface area contributed by atoms with Crippen LogP contribution in [-0.2, 0) is 24.9 Å². The molecule has 1 saturated carbocycles. The quantitative estimate of drug-likeness (QED) is 0.0735. The van der Waals surface area contributed by atoms with Crippen molar-refractivity contribution in [2.24, 2.45) is 28.3 Å². The fourth-order valence-corrected chi connectivity index (χ4v) is 11.5. The number of nitrogens with two attached hydrogens (primary N) is 1. The number of rotatable bonds is 13. The first-order valence-corrected chi connectivity index (χ1v) is 32.3. The van der Waals surface area contributed by atoms with Crippen LogP contribution in [0.5, 0.6) is 0 Å². The Morgan fingerprint density at radius 1 is 0.747 bits per heavy atom. The minimum Gasteiger partial charge on any atom is -0.369 e. The molecule has 6 heterocycles. The predicted molar refractivity (Wildman–Crippen MR) is 370 cm³/mol. The average molecular weight is 1320 g/mol. The molecular formula is C74H86ClF3N12O5. The summed E-state index contributed by atoms with van der Waals surface area (Å²) >= 11 is 6.56. The average Bonchev–Trinajstić information content (AvgIpc) is 1.69. The molecule has 11 rings (SSSR count). The van der Waals surface area contributed by atoms with E-state index in [0.29, 0.717) is 82.4 Å². The maximum Gasteiger partial charge on any atom is 0.294 e. The molecule has 2 fully saturated rings. The Balaban J connectivity index is 0.000000169. The van der Waals surface area contributed by atoms with Crippen LogP contribution in [0.4, 0.5) is 19.1 Å². The standard InChI is InChI=1S/C27H30ClFN4O3.C25H30FN5.C22H26FN3O2/c1-16-13-33(17(2)12-32(16)14-18-6-8-19(29)9-7-18)26(35)21-10-20-22(25(34)27(36)30(3)4)15-31(5)24(20)11-23(21)28;1-24(2,3)14-31-22-19(29-23(31)27)12-11-18(28-22)17-13-20(25(4,5)6)30-21(17)15-7-9-16(26)10-8-15;1-13-17(9-15(10-18(13)23)21(28)26-16-6-7-16)19-8-5-14(11-24-19)20(27)25-12-22(2,3)4/h6-11,15-17H,12-14H2,1-5H3;7-12H,13-14H2,1-6H3,(H2,27,29);5,8-11,16H,6-7,12H2,1-4H3,(H,25,27)(H,26,28)/t16-,17+;;/m0../s1. The van der Waals surface area contributed by atoms with Crippen molar-refractivity contribution >= 4 is 86.0 Å². The number of nitrogens with one attached hydrogen (secondary N) is 2. The summed E-state index contributed by atoms with van der Waals surface area (Å²) in [6, 6.07) is 26.6. The molecular weight excluding hydrogens is 1230 g/mol. The van der Waals surface area contributed by atoms with E-state index in [9.17, 15) is 37.1 Å². The highest BCUT2D eigenvalue weighted by atomic mass is 35.5. The first kappa shape index (κ1) is 70.3. The zero-order chi connectivity index (χ0) is 69.3. The molecule has 2 atom stereocenters. The van der Waals surface area contributed by atoms with Crippen molar-refractivity contribution in [1.82, 2.24) is 49.4 Å². The van der Waals surface area contributed by atoms with Gasteiger partial charge in [-0.2, -0.15) is 0 Å². The number of aryl methyl sites for hydroxylation is 1. The molecule has 1 aliphatic carbocycles. The highest BCUT2D eigenvalue weighted by molar-refractivity contribution is 6.45. The van der Waals surface area contributed by atoms with Crippen molar-refractivity contribution in [3.8, 4) is 11.3 Å². The molecule has 0 radical (unpaired) electrons. The third-order valence-electron chi connectivity index (χ3n) is 16.9. The van der Waals surface area contributed by atoms with E-state index in [1.54, 1.807) is 84.2 Å². The maximum absolute atomic E-state index is 14.4. The Hall–Kier alpha value is -9.01. The number of imidazole rings is 1. The number of nitrogens with zero attached hydrogens (tertiary/aromatic N) is 9. The predicted octanol–water partition coefficient (Wildman–Crippen LogP) is 13.8. The molecule has 0 bridgehead atoms. The van der Waals surface area contributed by atoms with Gasteiger partial charge < -0.3 is 30.7 Å². The molecule has 0 unspecified atom stereocenters. The van der Waals surface area contributed by atoms with Crippen LogP contribution >= 0.6 is 11.6 Å². The van der Waals surface area contributed by atoms with Crippen LogP contribution in [0.3, 0.4) is 0 Å². The van der Waals surface area contributed by atoms with Crippen LogP contribution in [0, 0.1) is 40.6 Å². The largest absolute Gasteiger partial charge is 0.369 e. The van der Waals surface area contributed by atoms with Gasteiger partial charge in [0.15, 0.2) is 5.65 Å². The second kappa shape index (κ2) is 28.1. The second-order valence-corrected chi connectivity index (χ2v) is 29.2. The summed E-state index contributed by atoms with van der Waals surface area (Å²) in [6.45, 7) is 27.9. The Morgan fingerprint density at radius 2 is 1.40 bits per heavy atom. The van der Waals surface area contributed by atoms with Gasteiger partial charge in [0.25, 0.3) is 29.4 Å². The molecule has 1 saturated heterocycles. The molecule has 21 heteroatoms. The van der Waals surface area contributed by atoms with Crippen LogP contribution in [0.1, 0.15) is 159 Å². The number of allylic oxidation sites excluding steroid dienone is 1. The highest BCUT2D eigenvalue weighted by Gasteiger charge is 2.35. The van der Waals surface area contributed by atoms with Crippen molar-refractivity contribution in [2.45, 2.75) is 134 Å². The van der Waals surface area contributed by atoms with E-state index in [0.717, 1.165) is 64.4 Å². The number of benzene rings is 4. The number of hydrogen-bond donors (Lipinski definition) is 3. The summed E-state index contributed by atoms with van der Waals surface area (Å²) in [6.07, 6.45) is 5.71. The lowest BCUT2D eigenvalue weighted by atomic mass is 9.86. The number of halogens is 4. The van der Waals surface area contributed by atoms with Gasteiger partial charge in [0.2, 0.25) is 5.95 Å². The highest BCUT2D eigenvalue weighted by Crippen LogP contribution is 2.41. The SMILES string of the molecule is CC(C)(C)Cn1c(N)nc2ccc(C3=C(c4ccc(F)cc4)N=C(C(C)(C)C)C3)nc21.C[C@@H]1CN(Cc2ccc(F)cc2)[C@@H](C)CN1C(=O)c1cc2c(C(=O)C(=O)N(C)C)cn(C)c2cc1Cl.Cc1c(F)cc(C(=O)NC2CC2)cc1-c1ccc(C(=O)NCC(C)(C)C)cn1. The number of hydrogen-bond acceptors (Lipinski definition) is 11. The van der Waals surface area contributed by atoms with Crippen LogP contribution in [-0.4, -0.2) is 126 Å². The van der Waals surface area contributed by atoms with Crippen molar-refractivity contribution in [2.75, 3.05) is 39.5 Å². The Labute approximate surface area is 559 Å². The van der Waals surface area contributed by atoms with Gasteiger partial charge in [-0.1, -0.05) is 86.0 Å². The van der Waals surface area contributed by atoms with Gasteiger partial charge in [0.05, 0.1) is 44.3 Å². The van der Waals surface area contributed by atoms with Crippen LogP contribution in [0.25, 0.3) is 44.6 Å². The minimum absolute atomic E-state index is 0.0147. The van der Waals surface area contributed by atoms with Gasteiger partial charge in [-0.15, -0.1) is 0 Å². The molecule has 8 aromatic rings. The smallest absolute Gasteiger partial charge is 0.294 e. The van der Waals surface area contributed by atoms with Gasteiger partial charge in [0, 0.05) is 130 Å². The number of likely N-dealkylation sites (N-methyl/N-ethyl adjacent to an activating group) is 1.